The predicted molar refractivity (Wildman–Crippen MR) is 51.5 cm³/mol. The second kappa shape index (κ2) is 4.60. The topological polar surface area (TPSA) is 27.7 Å². The van der Waals surface area contributed by atoms with Crippen LogP contribution in [0.4, 0.5) is 0 Å². The zero-order valence-electron chi connectivity index (χ0n) is 7.88. The molecule has 0 amide bonds. The molecule has 3 nitrogen and oxygen atoms in total. The molecular weight excluding hydrogens is 275 g/mol. The Labute approximate surface area is 91.1 Å². The van der Waals surface area contributed by atoms with Gasteiger partial charge in [-0.3, -0.25) is 0 Å². The van der Waals surface area contributed by atoms with E-state index in [0.717, 1.165) is 9.33 Å². The molecule has 0 N–H and O–H groups in total. The van der Waals surface area contributed by atoms with Gasteiger partial charge in [-0.05, 0) is 0 Å². The molecule has 0 aliphatic rings. The van der Waals surface area contributed by atoms with Crippen molar-refractivity contribution in [3.63, 3.8) is 0 Å². The molecule has 0 saturated carbocycles. The Morgan fingerprint density at radius 3 is 2.00 bits per heavy atom. The Kier molecular flexibility index (Phi) is 3.71. The first-order valence-corrected chi connectivity index (χ1v) is 5.17. The number of ether oxygens (including phenoxy) is 3. The van der Waals surface area contributed by atoms with Crippen molar-refractivity contribution in [2.24, 2.45) is 0 Å². The van der Waals surface area contributed by atoms with Gasteiger partial charge in [-0.15, -0.1) is 0 Å². The van der Waals surface area contributed by atoms with Crippen molar-refractivity contribution in [2.45, 2.75) is 0 Å². The van der Waals surface area contributed by atoms with Gasteiger partial charge in [0, 0.05) is 0 Å². The Bertz CT molecular complexity index is 299. The van der Waals surface area contributed by atoms with E-state index in [9.17, 15) is 0 Å². The van der Waals surface area contributed by atoms with E-state index in [1.807, 2.05) is 12.1 Å². The number of hydrogen-bond acceptors (Lipinski definition) is 3. The number of hydrogen-bond donors (Lipinski definition) is 0. The van der Waals surface area contributed by atoms with Crippen molar-refractivity contribution < 1.29 is 14.2 Å². The summed E-state index contributed by atoms with van der Waals surface area (Å²) in [5.41, 5.74) is 0. The van der Waals surface area contributed by atoms with E-state index in [-0.39, 0.29) is 0 Å². The van der Waals surface area contributed by atoms with Crippen molar-refractivity contribution in [3.05, 3.63) is 12.1 Å². The molecule has 13 heavy (non-hydrogen) atoms. The molecule has 3 radical (unpaired) electrons. The van der Waals surface area contributed by atoms with Crippen LogP contribution in [0.3, 0.4) is 0 Å². The Morgan fingerprint density at radius 1 is 0.923 bits per heavy atom. The molecule has 0 unspecified atom stereocenters. The SMILES string of the molecule is COc1cc[c]([Sn])c(OC)c1OC. The van der Waals surface area contributed by atoms with Crippen LogP contribution in [-0.2, 0) is 0 Å². The van der Waals surface area contributed by atoms with Gasteiger partial charge < -0.3 is 0 Å². The van der Waals surface area contributed by atoms with Gasteiger partial charge in [0.25, 0.3) is 0 Å². The van der Waals surface area contributed by atoms with Crippen LogP contribution < -0.4 is 17.8 Å². The van der Waals surface area contributed by atoms with E-state index < -0.39 is 0 Å². The fraction of sp³-hybridized carbons (Fsp3) is 0.333. The summed E-state index contributed by atoms with van der Waals surface area (Å²) in [6, 6.07) is 3.85. The van der Waals surface area contributed by atoms with Crippen LogP contribution >= 0.6 is 0 Å². The van der Waals surface area contributed by atoms with Gasteiger partial charge in [0.05, 0.1) is 0 Å². The first-order chi connectivity index (χ1) is 6.24. The zero-order chi connectivity index (χ0) is 9.84. The number of benzene rings is 1. The molecule has 0 aliphatic carbocycles. The van der Waals surface area contributed by atoms with E-state index in [1.54, 1.807) is 21.3 Å². The summed E-state index contributed by atoms with van der Waals surface area (Å²) in [7, 11) is 4.85. The zero-order valence-corrected chi connectivity index (χ0v) is 10.7. The molecule has 69 valence electrons. The van der Waals surface area contributed by atoms with Gasteiger partial charge in [-0.1, -0.05) is 0 Å². The third-order valence-electron chi connectivity index (χ3n) is 1.70. The minimum absolute atomic E-state index is 0.666. The fourth-order valence-corrected chi connectivity index (χ4v) is 1.95. The van der Waals surface area contributed by atoms with Crippen molar-refractivity contribution in [1.29, 1.82) is 0 Å². The van der Waals surface area contributed by atoms with Crippen molar-refractivity contribution in [2.75, 3.05) is 21.3 Å². The summed E-state index contributed by atoms with van der Waals surface area (Å²) in [6.45, 7) is 0. The van der Waals surface area contributed by atoms with Crippen LogP contribution in [0.2, 0.25) is 0 Å². The van der Waals surface area contributed by atoms with E-state index in [1.165, 1.54) is 22.5 Å². The average Bonchev–Trinajstić information content (AvgIpc) is 2.17. The predicted octanol–water partition coefficient (Wildman–Crippen LogP) is 0.506. The summed E-state index contributed by atoms with van der Waals surface area (Å²) >= 11 is 1.29. The van der Waals surface area contributed by atoms with E-state index in [4.69, 9.17) is 14.2 Å². The summed E-state index contributed by atoms with van der Waals surface area (Å²) < 4.78 is 16.7. The minimum atomic E-state index is 0.666. The summed E-state index contributed by atoms with van der Waals surface area (Å²) in [4.78, 5) is 0. The monoisotopic (exact) mass is 287 g/mol. The maximum absolute atomic E-state index is 5.23. The van der Waals surface area contributed by atoms with Crippen LogP contribution in [0.5, 0.6) is 17.2 Å². The summed E-state index contributed by atoms with van der Waals surface area (Å²) in [6.07, 6.45) is 0. The van der Waals surface area contributed by atoms with Crippen LogP contribution in [0.25, 0.3) is 0 Å². The first kappa shape index (κ1) is 10.5. The van der Waals surface area contributed by atoms with Crippen LogP contribution in [0.15, 0.2) is 12.1 Å². The Hall–Kier alpha value is -0.581. The molecule has 0 spiro atoms. The van der Waals surface area contributed by atoms with Crippen molar-refractivity contribution >= 4 is 26.1 Å². The Balaban J connectivity index is 3.27. The van der Waals surface area contributed by atoms with E-state index in [0.29, 0.717) is 11.5 Å². The summed E-state index contributed by atoms with van der Waals surface area (Å²) in [5, 5.41) is 0. The molecule has 0 aliphatic heterocycles. The molecular formula is C9H11O3Sn. The maximum atomic E-state index is 5.23. The number of methoxy groups -OCH3 is 3. The van der Waals surface area contributed by atoms with E-state index in [2.05, 4.69) is 0 Å². The number of rotatable bonds is 3. The molecule has 0 heterocycles. The third-order valence-corrected chi connectivity index (χ3v) is 2.83. The van der Waals surface area contributed by atoms with Gasteiger partial charge in [-0.25, -0.2) is 0 Å². The fourth-order valence-electron chi connectivity index (χ4n) is 1.10. The molecule has 0 bridgehead atoms. The van der Waals surface area contributed by atoms with Gasteiger partial charge in [0.1, 0.15) is 0 Å². The van der Waals surface area contributed by atoms with Gasteiger partial charge in [-0.2, -0.15) is 0 Å². The van der Waals surface area contributed by atoms with Gasteiger partial charge >= 0.3 is 91.0 Å². The van der Waals surface area contributed by atoms with Crippen LogP contribution in [0, 0.1) is 0 Å². The summed E-state index contributed by atoms with van der Waals surface area (Å²) in [5.74, 6) is 2.13. The molecule has 1 rings (SSSR count). The van der Waals surface area contributed by atoms with Crippen LogP contribution in [-0.4, -0.2) is 43.9 Å². The first-order valence-electron chi connectivity index (χ1n) is 3.75. The second-order valence-corrected chi connectivity index (χ2v) is 3.92. The average molecular weight is 286 g/mol. The van der Waals surface area contributed by atoms with Crippen molar-refractivity contribution in [3.8, 4) is 17.2 Å². The molecule has 0 fully saturated rings. The third kappa shape index (κ3) is 2.02. The van der Waals surface area contributed by atoms with E-state index >= 15 is 0 Å². The molecule has 0 aromatic heterocycles. The van der Waals surface area contributed by atoms with Crippen molar-refractivity contribution in [1.82, 2.24) is 0 Å². The second-order valence-electron chi connectivity index (χ2n) is 2.38. The van der Waals surface area contributed by atoms with Crippen LogP contribution in [0.1, 0.15) is 0 Å². The molecule has 0 atom stereocenters. The van der Waals surface area contributed by atoms with Gasteiger partial charge in [0.15, 0.2) is 0 Å². The Morgan fingerprint density at radius 2 is 1.54 bits per heavy atom. The molecule has 1 aromatic carbocycles. The molecule has 4 heteroatoms. The standard InChI is InChI=1S/C9H11O3.Sn/c1-10-7-5-4-6-8(11-2)9(7)12-3;/h4-5H,1-3H3;. The molecule has 1 aromatic rings. The van der Waals surface area contributed by atoms with Gasteiger partial charge in [0.2, 0.25) is 0 Å². The normalized spacial score (nSPS) is 9.54. The molecule has 0 saturated heterocycles. The quantitative estimate of drug-likeness (QED) is 0.758.